The molecule has 1 aliphatic heterocycles. The molecular weight excluding hydrogens is 481 g/mol. The number of urea groups is 1. The van der Waals surface area contributed by atoms with Gasteiger partial charge >= 0.3 is 6.03 Å². The minimum Gasteiger partial charge on any atom is -0.391 e. The minimum atomic E-state index is -1.38. The van der Waals surface area contributed by atoms with Gasteiger partial charge in [-0.1, -0.05) is 81.4 Å². The smallest absolute Gasteiger partial charge is 0.320 e. The maximum Gasteiger partial charge on any atom is 0.320 e. The minimum absolute atomic E-state index is 0.150. The van der Waals surface area contributed by atoms with E-state index in [9.17, 15) is 14.3 Å². The maximum absolute atomic E-state index is 15.0. The number of piperidine rings is 1. The summed E-state index contributed by atoms with van der Waals surface area (Å²) in [5.74, 6) is 0.690. The lowest BCUT2D eigenvalue weighted by Gasteiger charge is -2.43. The highest BCUT2D eigenvalue weighted by Gasteiger charge is 2.41. The molecule has 0 bridgehead atoms. The van der Waals surface area contributed by atoms with Crippen molar-refractivity contribution in [3.05, 3.63) is 78.2 Å². The van der Waals surface area contributed by atoms with E-state index in [-0.39, 0.29) is 25.7 Å². The Balaban J connectivity index is 1.83. The van der Waals surface area contributed by atoms with Crippen molar-refractivity contribution < 1.29 is 14.3 Å². The van der Waals surface area contributed by atoms with E-state index in [2.05, 4.69) is 16.7 Å². The van der Waals surface area contributed by atoms with Crippen molar-refractivity contribution in [3.63, 3.8) is 0 Å². The normalized spacial score (nSPS) is 17.7. The van der Waals surface area contributed by atoms with Crippen molar-refractivity contribution in [1.82, 2.24) is 19.4 Å². The van der Waals surface area contributed by atoms with Crippen LogP contribution in [0.15, 0.2) is 66.9 Å². The highest BCUT2D eigenvalue weighted by atomic mass is 19.1. The lowest BCUT2D eigenvalue weighted by molar-refractivity contribution is 0.0398. The Morgan fingerprint density at radius 1 is 1.16 bits per heavy atom. The van der Waals surface area contributed by atoms with Gasteiger partial charge in [-0.25, -0.2) is 14.2 Å². The number of amides is 2. The van der Waals surface area contributed by atoms with Crippen molar-refractivity contribution in [3.8, 4) is 11.3 Å². The highest BCUT2D eigenvalue weighted by molar-refractivity contribution is 5.75. The number of imidazole rings is 1. The average molecular weight is 522 g/mol. The molecule has 2 aromatic carbocycles. The second kappa shape index (κ2) is 12.1. The Kier molecular flexibility index (Phi) is 8.84. The summed E-state index contributed by atoms with van der Waals surface area (Å²) in [6.07, 6.45) is 1.41. The average Bonchev–Trinajstić information content (AvgIpc) is 3.31. The summed E-state index contributed by atoms with van der Waals surface area (Å²) in [7, 11) is 0. The number of β-amino-alcohol motifs (C(OH)–C–C–N with tert-alkyl or cyclic N) is 1. The summed E-state index contributed by atoms with van der Waals surface area (Å²) >= 11 is 0. The van der Waals surface area contributed by atoms with E-state index in [0.29, 0.717) is 31.8 Å². The third-order valence-electron chi connectivity index (χ3n) is 7.01. The number of aliphatic hydroxyl groups is 1. The highest BCUT2D eigenvalue weighted by Crippen LogP contribution is 2.40. The van der Waals surface area contributed by atoms with E-state index < -0.39 is 23.7 Å². The largest absolute Gasteiger partial charge is 0.391 e. The molecule has 4 rings (SSSR count). The number of hydrogen-bond donors (Lipinski definition) is 2. The van der Waals surface area contributed by atoms with Gasteiger partial charge in [0.1, 0.15) is 12.0 Å². The van der Waals surface area contributed by atoms with Gasteiger partial charge in [-0.2, -0.15) is 0 Å². The topological polar surface area (TPSA) is 87.6 Å². The second-order valence-corrected chi connectivity index (χ2v) is 11.2. The van der Waals surface area contributed by atoms with Crippen LogP contribution in [0.5, 0.6) is 0 Å². The number of carbonyl (C=O) groups is 1. The first-order valence-corrected chi connectivity index (χ1v) is 13.4. The quantitative estimate of drug-likeness (QED) is 0.443. The molecule has 0 spiro atoms. The third kappa shape index (κ3) is 6.60. The van der Waals surface area contributed by atoms with Crippen LogP contribution in [0.2, 0.25) is 0 Å². The molecule has 2 heterocycles. The number of benzene rings is 2. The van der Waals surface area contributed by atoms with Crippen molar-refractivity contribution in [2.75, 3.05) is 26.2 Å². The molecule has 3 N–H and O–H groups in total. The summed E-state index contributed by atoms with van der Waals surface area (Å²) in [4.78, 5) is 22.3. The van der Waals surface area contributed by atoms with Crippen molar-refractivity contribution >= 4 is 6.03 Å². The van der Waals surface area contributed by atoms with E-state index >= 15 is 0 Å². The maximum atomic E-state index is 15.0. The SMILES string of the molecule is CC(C)(C)[C@H](c1nc(-c2ccccc2)cn1Cc1ccccc1)N(C[C@H](F)CN)C(=O)N1CCC[C@@H](O)C1. The monoisotopic (exact) mass is 521 g/mol. The number of likely N-dealkylation sites (tertiary alicyclic amines) is 1. The Morgan fingerprint density at radius 2 is 1.82 bits per heavy atom. The number of nitrogens with two attached hydrogens (primary N) is 1. The van der Waals surface area contributed by atoms with E-state index in [0.717, 1.165) is 16.8 Å². The van der Waals surface area contributed by atoms with Crippen LogP contribution in [-0.4, -0.2) is 68.9 Å². The molecule has 0 aliphatic carbocycles. The molecule has 0 unspecified atom stereocenters. The molecule has 7 nitrogen and oxygen atoms in total. The van der Waals surface area contributed by atoms with Gasteiger partial charge in [0, 0.05) is 37.9 Å². The van der Waals surface area contributed by atoms with Gasteiger partial charge in [0.05, 0.1) is 24.4 Å². The molecule has 0 saturated carbocycles. The first kappa shape index (κ1) is 27.8. The summed E-state index contributed by atoms with van der Waals surface area (Å²) in [5.41, 5.74) is 8.07. The number of halogens is 1. The van der Waals surface area contributed by atoms with Gasteiger partial charge in [-0.15, -0.1) is 0 Å². The van der Waals surface area contributed by atoms with E-state index in [1.165, 1.54) is 0 Å². The number of alkyl halides is 1. The lowest BCUT2D eigenvalue weighted by Crippen LogP contribution is -2.54. The zero-order valence-electron chi connectivity index (χ0n) is 22.6. The van der Waals surface area contributed by atoms with E-state index in [1.807, 2.05) is 75.5 Å². The number of nitrogens with zero attached hydrogens (tertiary/aromatic N) is 4. The molecule has 38 heavy (non-hydrogen) atoms. The first-order chi connectivity index (χ1) is 18.2. The fourth-order valence-corrected chi connectivity index (χ4v) is 5.19. The van der Waals surface area contributed by atoms with Gasteiger partial charge in [0.15, 0.2) is 0 Å². The van der Waals surface area contributed by atoms with E-state index in [4.69, 9.17) is 10.7 Å². The van der Waals surface area contributed by atoms with E-state index in [1.54, 1.807) is 9.80 Å². The van der Waals surface area contributed by atoms with Crippen LogP contribution >= 0.6 is 0 Å². The zero-order valence-corrected chi connectivity index (χ0v) is 22.6. The third-order valence-corrected chi connectivity index (χ3v) is 7.01. The number of hydrogen-bond acceptors (Lipinski definition) is 4. The van der Waals surface area contributed by atoms with Gasteiger partial charge in [0.25, 0.3) is 0 Å². The number of aromatic nitrogens is 2. The molecule has 1 saturated heterocycles. The van der Waals surface area contributed by atoms with Crippen molar-refractivity contribution in [2.45, 2.75) is 58.5 Å². The van der Waals surface area contributed by atoms with Crippen molar-refractivity contribution in [2.24, 2.45) is 11.1 Å². The number of carbonyl (C=O) groups excluding carboxylic acids is 1. The predicted molar refractivity (Wildman–Crippen MR) is 148 cm³/mol. The van der Waals surface area contributed by atoms with Crippen LogP contribution in [0.4, 0.5) is 9.18 Å². The standard InChI is InChI=1S/C30H40FN5O2/c1-30(2,3)27(36(19-24(31)17-32)29(38)34-16-10-15-25(37)20-34)28-33-26(23-13-8-5-9-14-23)21-35(28)18-22-11-6-4-7-12-22/h4-9,11-14,21,24-25,27,37H,10,15-20,32H2,1-3H3/t24-,25-,27+/m1/s1. The molecule has 0 radical (unpaired) electrons. The Bertz CT molecular complexity index is 1180. The molecular formula is C30H40FN5O2. The first-order valence-electron chi connectivity index (χ1n) is 13.4. The second-order valence-electron chi connectivity index (χ2n) is 11.2. The molecule has 2 amide bonds. The van der Waals surface area contributed by atoms with Crippen LogP contribution in [0.3, 0.4) is 0 Å². The number of aliphatic hydroxyl groups excluding tert-OH is 1. The Hall–Kier alpha value is -3.23. The molecule has 1 aliphatic rings. The molecule has 3 aromatic rings. The van der Waals surface area contributed by atoms with Crippen LogP contribution in [-0.2, 0) is 6.54 Å². The molecule has 1 aromatic heterocycles. The fraction of sp³-hybridized carbons (Fsp3) is 0.467. The Labute approximate surface area is 225 Å². The molecule has 3 atom stereocenters. The fourth-order valence-electron chi connectivity index (χ4n) is 5.19. The van der Waals surface area contributed by atoms with Gasteiger partial charge < -0.3 is 25.2 Å². The number of rotatable bonds is 8. The Morgan fingerprint density at radius 3 is 2.42 bits per heavy atom. The van der Waals surface area contributed by atoms with Crippen molar-refractivity contribution in [1.29, 1.82) is 0 Å². The lowest BCUT2D eigenvalue weighted by atomic mass is 9.84. The van der Waals surface area contributed by atoms with Gasteiger partial charge in [-0.05, 0) is 23.8 Å². The van der Waals surface area contributed by atoms with Crippen LogP contribution < -0.4 is 5.73 Å². The predicted octanol–water partition coefficient (Wildman–Crippen LogP) is 4.86. The molecule has 1 fully saturated rings. The summed E-state index contributed by atoms with van der Waals surface area (Å²) < 4.78 is 17.0. The van der Waals surface area contributed by atoms with Crippen LogP contribution in [0.25, 0.3) is 11.3 Å². The van der Waals surface area contributed by atoms with Gasteiger partial charge in [-0.3, -0.25) is 0 Å². The summed E-state index contributed by atoms with van der Waals surface area (Å²) in [5, 5.41) is 10.3. The zero-order chi connectivity index (χ0) is 27.3. The molecule has 8 heteroatoms. The molecule has 204 valence electrons. The van der Waals surface area contributed by atoms with Gasteiger partial charge in [0.2, 0.25) is 0 Å². The summed E-state index contributed by atoms with van der Waals surface area (Å²) in [6, 6.07) is 19.2. The van der Waals surface area contributed by atoms with Crippen LogP contribution in [0.1, 0.15) is 51.0 Å². The summed E-state index contributed by atoms with van der Waals surface area (Å²) in [6.45, 7) is 7.12. The van der Waals surface area contributed by atoms with Crippen LogP contribution in [0, 0.1) is 5.41 Å².